The number of nitro groups is 1. The quantitative estimate of drug-likeness (QED) is 0.133. The predicted octanol–water partition coefficient (Wildman–Crippen LogP) is 5.47. The molecule has 2 aromatic heterocycles. The van der Waals surface area contributed by atoms with Crippen molar-refractivity contribution < 1.29 is 14.5 Å². The van der Waals surface area contributed by atoms with E-state index in [-0.39, 0.29) is 28.8 Å². The number of nitrogens with one attached hydrogen (secondary N) is 2. The van der Waals surface area contributed by atoms with Gasteiger partial charge in [-0.2, -0.15) is 0 Å². The fourth-order valence-electron chi connectivity index (χ4n) is 3.61. The van der Waals surface area contributed by atoms with Gasteiger partial charge in [-0.1, -0.05) is 59.7 Å². The Labute approximate surface area is 240 Å². The molecule has 0 aliphatic heterocycles. The van der Waals surface area contributed by atoms with Gasteiger partial charge >= 0.3 is 0 Å². The molecule has 202 valence electrons. The van der Waals surface area contributed by atoms with Crippen molar-refractivity contribution >= 4 is 61.7 Å². The number of hydrogen-bond donors (Lipinski definition) is 2. The summed E-state index contributed by atoms with van der Waals surface area (Å²) in [6, 6.07) is 12.8. The Bertz CT molecular complexity index is 1500. The van der Waals surface area contributed by atoms with E-state index in [1.807, 2.05) is 43.5 Å². The van der Waals surface area contributed by atoms with Crippen LogP contribution in [0.1, 0.15) is 36.1 Å². The predicted molar refractivity (Wildman–Crippen MR) is 154 cm³/mol. The van der Waals surface area contributed by atoms with E-state index in [9.17, 15) is 19.7 Å². The molecule has 0 spiro atoms. The van der Waals surface area contributed by atoms with Crippen LogP contribution in [0.25, 0.3) is 11.3 Å². The van der Waals surface area contributed by atoms with E-state index in [0.717, 1.165) is 15.7 Å². The first-order chi connectivity index (χ1) is 18.6. The summed E-state index contributed by atoms with van der Waals surface area (Å²) in [4.78, 5) is 40.5. The van der Waals surface area contributed by atoms with Crippen LogP contribution in [0, 0.1) is 16.0 Å². The largest absolute Gasteiger partial charge is 0.342 e. The summed E-state index contributed by atoms with van der Waals surface area (Å²) in [6.07, 6.45) is 0. The van der Waals surface area contributed by atoms with E-state index < -0.39 is 16.9 Å². The van der Waals surface area contributed by atoms with Crippen LogP contribution >= 0.6 is 39.0 Å². The number of rotatable bonds is 10. The summed E-state index contributed by atoms with van der Waals surface area (Å²) in [7, 11) is 1.76. The van der Waals surface area contributed by atoms with Gasteiger partial charge in [-0.3, -0.25) is 19.7 Å². The first-order valence-corrected chi connectivity index (χ1v) is 14.4. The molecule has 2 heterocycles. The number of non-ortho nitro benzene ring substituents is 1. The molecular weight excluding hydrogens is 606 g/mol. The number of aromatic nitrogens is 4. The van der Waals surface area contributed by atoms with E-state index in [4.69, 9.17) is 0 Å². The molecule has 0 saturated carbocycles. The van der Waals surface area contributed by atoms with Crippen LogP contribution in [-0.4, -0.2) is 42.2 Å². The van der Waals surface area contributed by atoms with E-state index in [1.54, 1.807) is 11.6 Å². The van der Waals surface area contributed by atoms with Gasteiger partial charge in [0, 0.05) is 40.2 Å². The summed E-state index contributed by atoms with van der Waals surface area (Å²) >= 11 is 5.97. The molecule has 11 nitrogen and oxygen atoms in total. The molecule has 0 unspecified atom stereocenters. The SMILES string of the molecule is CC(C)[C@@H](NC(=O)c1cccc([N+](=O)[O-])c1)c1nnc(SCC(=O)Nc2nc(-c3ccc(Br)cc3)cs2)n1C. The van der Waals surface area contributed by atoms with E-state index in [0.29, 0.717) is 16.1 Å². The van der Waals surface area contributed by atoms with Crippen LogP contribution in [0.2, 0.25) is 0 Å². The number of nitro benzene ring substituents is 1. The van der Waals surface area contributed by atoms with Crippen LogP contribution in [0.5, 0.6) is 0 Å². The van der Waals surface area contributed by atoms with Crippen LogP contribution in [0.4, 0.5) is 10.8 Å². The summed E-state index contributed by atoms with van der Waals surface area (Å²) < 4.78 is 2.70. The van der Waals surface area contributed by atoms with E-state index in [2.05, 4.69) is 41.7 Å². The third kappa shape index (κ3) is 7.07. The summed E-state index contributed by atoms with van der Waals surface area (Å²) in [5.74, 6) is -0.154. The first kappa shape index (κ1) is 28.4. The lowest BCUT2D eigenvalue weighted by Gasteiger charge is -2.21. The summed E-state index contributed by atoms with van der Waals surface area (Å²) in [6.45, 7) is 3.84. The molecule has 2 aromatic carbocycles. The maximum Gasteiger partial charge on any atom is 0.270 e. The van der Waals surface area contributed by atoms with Crippen LogP contribution in [0.15, 0.2) is 63.5 Å². The number of thioether (sulfide) groups is 1. The average Bonchev–Trinajstić information content (AvgIpc) is 3.52. The van der Waals surface area contributed by atoms with Crippen molar-refractivity contribution in [3.05, 3.63) is 79.9 Å². The molecule has 0 aliphatic carbocycles. The number of amides is 2. The zero-order chi connectivity index (χ0) is 28.1. The Kier molecular flexibility index (Phi) is 9.09. The van der Waals surface area contributed by atoms with Gasteiger partial charge in [0.05, 0.1) is 22.4 Å². The average molecular weight is 631 g/mol. The molecule has 0 radical (unpaired) electrons. The maximum absolute atomic E-state index is 12.9. The monoisotopic (exact) mass is 629 g/mol. The second kappa shape index (κ2) is 12.5. The molecule has 4 rings (SSSR count). The standard InChI is InChI=1S/C25H24BrN7O4S2/c1-14(2)21(29-23(35)16-5-4-6-18(11-16)33(36)37)22-30-31-25(32(22)3)39-13-20(34)28-24-27-19(12-38-24)15-7-9-17(26)10-8-15/h4-12,14,21H,13H2,1-3H3,(H,29,35)(H,27,28,34)/t21-/m1/s1. The molecule has 4 aromatic rings. The van der Waals surface area contributed by atoms with Gasteiger partial charge in [0.1, 0.15) is 0 Å². The van der Waals surface area contributed by atoms with Gasteiger partial charge in [0.15, 0.2) is 16.1 Å². The summed E-state index contributed by atoms with van der Waals surface area (Å²) in [5, 5.41) is 28.1. The Morgan fingerprint density at radius 3 is 2.62 bits per heavy atom. The Morgan fingerprint density at radius 1 is 1.18 bits per heavy atom. The lowest BCUT2D eigenvalue weighted by Crippen LogP contribution is -2.33. The van der Waals surface area contributed by atoms with Crippen molar-refractivity contribution in [2.75, 3.05) is 11.1 Å². The normalized spacial score (nSPS) is 11.8. The molecule has 2 N–H and O–H groups in total. The Hall–Kier alpha value is -3.62. The third-order valence-corrected chi connectivity index (χ3v) is 7.95. The number of carbonyl (C=O) groups is 2. The Morgan fingerprint density at radius 2 is 1.92 bits per heavy atom. The number of thiazole rings is 1. The number of anilines is 1. The van der Waals surface area contributed by atoms with Gasteiger partial charge in [-0.15, -0.1) is 21.5 Å². The lowest BCUT2D eigenvalue weighted by atomic mass is 10.0. The molecule has 0 aliphatic rings. The highest BCUT2D eigenvalue weighted by Gasteiger charge is 2.26. The molecule has 1 atom stereocenters. The molecule has 2 amide bonds. The second-order valence-electron chi connectivity index (χ2n) is 8.78. The van der Waals surface area contributed by atoms with Gasteiger partial charge in [-0.25, -0.2) is 4.98 Å². The van der Waals surface area contributed by atoms with Crippen molar-refractivity contribution in [1.82, 2.24) is 25.1 Å². The minimum atomic E-state index is -0.547. The maximum atomic E-state index is 12.9. The van der Waals surface area contributed by atoms with Crippen molar-refractivity contribution in [3.63, 3.8) is 0 Å². The zero-order valence-electron chi connectivity index (χ0n) is 21.1. The molecule has 0 fully saturated rings. The molecule has 0 bridgehead atoms. The highest BCUT2D eigenvalue weighted by atomic mass is 79.9. The van der Waals surface area contributed by atoms with Crippen LogP contribution < -0.4 is 10.6 Å². The van der Waals surface area contributed by atoms with Crippen LogP contribution in [-0.2, 0) is 11.8 Å². The number of nitrogens with zero attached hydrogens (tertiary/aromatic N) is 5. The number of hydrogen-bond acceptors (Lipinski definition) is 9. The first-order valence-electron chi connectivity index (χ1n) is 11.7. The minimum absolute atomic E-state index is 0.0541. The lowest BCUT2D eigenvalue weighted by molar-refractivity contribution is -0.384. The van der Waals surface area contributed by atoms with Gasteiger partial charge in [0.25, 0.3) is 11.6 Å². The highest BCUT2D eigenvalue weighted by Crippen LogP contribution is 2.27. The fourth-order valence-corrected chi connectivity index (χ4v) is 5.33. The van der Waals surface area contributed by atoms with Gasteiger partial charge in [-0.05, 0) is 24.1 Å². The van der Waals surface area contributed by atoms with Gasteiger partial charge in [0.2, 0.25) is 5.91 Å². The molecule has 39 heavy (non-hydrogen) atoms. The van der Waals surface area contributed by atoms with Crippen molar-refractivity contribution in [3.8, 4) is 11.3 Å². The molecule has 0 saturated heterocycles. The van der Waals surface area contributed by atoms with Gasteiger partial charge < -0.3 is 15.2 Å². The van der Waals surface area contributed by atoms with Crippen molar-refractivity contribution in [1.29, 1.82) is 0 Å². The minimum Gasteiger partial charge on any atom is -0.342 e. The molecular formula is C25H24BrN7O4S2. The second-order valence-corrected chi connectivity index (χ2v) is 11.5. The fraction of sp³-hybridized carbons (Fsp3) is 0.240. The summed E-state index contributed by atoms with van der Waals surface area (Å²) in [5.41, 5.74) is 1.74. The van der Waals surface area contributed by atoms with E-state index >= 15 is 0 Å². The number of benzene rings is 2. The van der Waals surface area contributed by atoms with E-state index in [1.165, 1.54) is 47.4 Å². The van der Waals surface area contributed by atoms with Crippen molar-refractivity contribution in [2.24, 2.45) is 13.0 Å². The zero-order valence-corrected chi connectivity index (χ0v) is 24.3. The highest BCUT2D eigenvalue weighted by molar-refractivity contribution is 9.10. The third-order valence-electron chi connectivity index (χ3n) is 5.64. The number of carbonyl (C=O) groups excluding carboxylic acids is 2. The van der Waals surface area contributed by atoms with Crippen LogP contribution in [0.3, 0.4) is 0 Å². The van der Waals surface area contributed by atoms with Crippen molar-refractivity contribution in [2.45, 2.75) is 25.0 Å². The number of halogens is 1. The molecule has 14 heteroatoms. The Balaban J connectivity index is 1.38. The topological polar surface area (TPSA) is 145 Å². The smallest absolute Gasteiger partial charge is 0.270 e.